The molecule has 0 spiro atoms. The Hall–Kier alpha value is -1.70. The van der Waals surface area contributed by atoms with E-state index < -0.39 is 10.8 Å². The number of nitrogens with one attached hydrogen (secondary N) is 2. The van der Waals surface area contributed by atoms with Gasteiger partial charge < -0.3 is 4.98 Å². The first-order chi connectivity index (χ1) is 12.7. The Morgan fingerprint density at radius 2 is 2.04 bits per heavy atom. The molecule has 3 aromatic rings. The van der Waals surface area contributed by atoms with Crippen molar-refractivity contribution in [3.63, 3.8) is 0 Å². The zero-order chi connectivity index (χ0) is 19.8. The van der Waals surface area contributed by atoms with E-state index in [1.54, 1.807) is 18.5 Å². The Morgan fingerprint density at radius 3 is 2.59 bits per heavy atom. The third-order valence-corrected chi connectivity index (χ3v) is 6.24. The molecule has 1 atom stereocenters. The molecule has 2 heterocycles. The smallest absolute Gasteiger partial charge is 0.127 e. The quantitative estimate of drug-likeness (QED) is 0.582. The van der Waals surface area contributed by atoms with Crippen LogP contribution in [0.3, 0.4) is 0 Å². The Balaban J connectivity index is 2.03. The van der Waals surface area contributed by atoms with E-state index in [-0.39, 0.29) is 11.4 Å². The molecule has 27 heavy (non-hydrogen) atoms. The number of hydrogen-bond acceptors (Lipinski definition) is 4. The topological polar surface area (TPSA) is 57.8 Å². The Kier molecular flexibility index (Phi) is 5.74. The average molecular weight is 406 g/mol. The minimum atomic E-state index is -1.28. The highest BCUT2D eigenvalue weighted by Crippen LogP contribution is 2.33. The van der Waals surface area contributed by atoms with Gasteiger partial charge in [-0.3, -0.25) is 13.9 Å². The SMILES string of the molecule is CCc1cc2[nH]c(-c3ccc(SNC(C)(C)C)cn3)c(S(C)=O)c2cc1F. The van der Waals surface area contributed by atoms with Gasteiger partial charge in [-0.05, 0) is 69.0 Å². The lowest BCUT2D eigenvalue weighted by molar-refractivity contribution is 0.535. The van der Waals surface area contributed by atoms with Gasteiger partial charge in [-0.1, -0.05) is 6.92 Å². The van der Waals surface area contributed by atoms with Crippen molar-refractivity contribution in [3.8, 4) is 11.4 Å². The van der Waals surface area contributed by atoms with E-state index in [1.807, 2.05) is 19.1 Å². The monoisotopic (exact) mass is 405 g/mol. The number of hydrogen-bond donors (Lipinski definition) is 2. The summed E-state index contributed by atoms with van der Waals surface area (Å²) in [6.45, 7) is 8.20. The van der Waals surface area contributed by atoms with Crippen molar-refractivity contribution in [3.05, 3.63) is 41.8 Å². The van der Waals surface area contributed by atoms with Crippen LogP contribution < -0.4 is 4.72 Å². The van der Waals surface area contributed by atoms with E-state index >= 15 is 0 Å². The maximum absolute atomic E-state index is 14.3. The average Bonchev–Trinajstić information content (AvgIpc) is 2.97. The van der Waals surface area contributed by atoms with Crippen LogP contribution >= 0.6 is 11.9 Å². The third kappa shape index (κ3) is 4.42. The van der Waals surface area contributed by atoms with Crippen LogP contribution in [-0.2, 0) is 17.2 Å². The molecule has 144 valence electrons. The maximum Gasteiger partial charge on any atom is 0.127 e. The largest absolute Gasteiger partial charge is 0.352 e. The van der Waals surface area contributed by atoms with Crippen LogP contribution in [-0.4, -0.2) is 26.0 Å². The van der Waals surface area contributed by atoms with Crippen LogP contribution in [0.4, 0.5) is 4.39 Å². The lowest BCUT2D eigenvalue weighted by atomic mass is 10.1. The van der Waals surface area contributed by atoms with Gasteiger partial charge >= 0.3 is 0 Å². The molecule has 0 saturated heterocycles. The van der Waals surface area contributed by atoms with Crippen molar-refractivity contribution in [1.29, 1.82) is 0 Å². The molecule has 0 aliphatic heterocycles. The number of aromatic nitrogens is 2. The molecule has 1 unspecified atom stereocenters. The summed E-state index contributed by atoms with van der Waals surface area (Å²) in [6, 6.07) is 7.13. The van der Waals surface area contributed by atoms with Crippen LogP contribution in [0.25, 0.3) is 22.3 Å². The van der Waals surface area contributed by atoms with Gasteiger partial charge in [0.1, 0.15) is 5.82 Å². The lowest BCUT2D eigenvalue weighted by Gasteiger charge is -2.19. The molecule has 0 bridgehead atoms. The molecule has 0 saturated carbocycles. The van der Waals surface area contributed by atoms with Crippen molar-refractivity contribution in [2.75, 3.05) is 6.26 Å². The second-order valence-electron chi connectivity index (χ2n) is 7.46. The van der Waals surface area contributed by atoms with Crippen molar-refractivity contribution >= 4 is 33.7 Å². The molecule has 0 radical (unpaired) electrons. The number of halogens is 1. The van der Waals surface area contributed by atoms with Gasteiger partial charge in [0, 0.05) is 33.8 Å². The number of fused-ring (bicyclic) bond motifs is 1. The minimum absolute atomic E-state index is 0.00610. The van der Waals surface area contributed by atoms with Gasteiger partial charge in [0.15, 0.2) is 0 Å². The fourth-order valence-electron chi connectivity index (χ4n) is 2.79. The predicted molar refractivity (Wildman–Crippen MR) is 112 cm³/mol. The standard InChI is InChI=1S/C20H24FN3OS2/c1-6-12-9-17-14(10-15(12)21)19(27(5)25)18(23-17)16-8-7-13(11-22-16)26-24-20(2,3)4/h7-11,23-24H,6H2,1-5H3. The fraction of sp³-hybridized carbons (Fsp3) is 0.350. The van der Waals surface area contributed by atoms with Crippen molar-refractivity contribution in [1.82, 2.24) is 14.7 Å². The van der Waals surface area contributed by atoms with E-state index in [9.17, 15) is 8.60 Å². The maximum atomic E-state index is 14.3. The molecule has 0 aliphatic rings. The molecule has 0 fully saturated rings. The molecule has 2 N–H and O–H groups in total. The first-order valence-electron chi connectivity index (χ1n) is 8.77. The van der Waals surface area contributed by atoms with Gasteiger partial charge in [-0.2, -0.15) is 0 Å². The second kappa shape index (κ2) is 7.73. The summed E-state index contributed by atoms with van der Waals surface area (Å²) >= 11 is 1.52. The molecule has 1 aromatic carbocycles. The number of nitrogens with zero attached hydrogens (tertiary/aromatic N) is 1. The first kappa shape index (κ1) is 20.0. The zero-order valence-corrected chi connectivity index (χ0v) is 17.8. The molecule has 7 heteroatoms. The normalized spacial score (nSPS) is 13.3. The minimum Gasteiger partial charge on any atom is -0.352 e. The fourth-order valence-corrected chi connectivity index (χ4v) is 4.37. The Morgan fingerprint density at radius 1 is 1.30 bits per heavy atom. The molecule has 0 aliphatic carbocycles. The first-order valence-corrected chi connectivity index (χ1v) is 11.1. The van der Waals surface area contributed by atoms with Gasteiger partial charge in [0.25, 0.3) is 0 Å². The summed E-state index contributed by atoms with van der Waals surface area (Å²) in [5, 5.41) is 0.648. The zero-order valence-electron chi connectivity index (χ0n) is 16.1. The second-order valence-corrected chi connectivity index (χ2v) is 9.66. The van der Waals surface area contributed by atoms with E-state index in [2.05, 4.69) is 35.5 Å². The number of aryl methyl sites for hydroxylation is 1. The Labute approximate surface area is 166 Å². The lowest BCUT2D eigenvalue weighted by Crippen LogP contribution is -2.29. The molecule has 2 aromatic heterocycles. The van der Waals surface area contributed by atoms with E-state index in [1.165, 1.54) is 18.0 Å². The van der Waals surface area contributed by atoms with Crippen molar-refractivity contribution in [2.45, 2.75) is 49.4 Å². The summed E-state index contributed by atoms with van der Waals surface area (Å²) in [7, 11) is -1.28. The summed E-state index contributed by atoms with van der Waals surface area (Å²) < 4.78 is 30.0. The number of pyridine rings is 1. The molecule has 0 amide bonds. The molecular formula is C20H24FN3OS2. The highest BCUT2D eigenvalue weighted by Gasteiger charge is 2.19. The summed E-state index contributed by atoms with van der Waals surface area (Å²) in [5.41, 5.74) is 2.78. The van der Waals surface area contributed by atoms with Crippen molar-refractivity contribution < 1.29 is 8.60 Å². The van der Waals surface area contributed by atoms with E-state index in [0.29, 0.717) is 33.7 Å². The van der Waals surface area contributed by atoms with Crippen LogP contribution in [0.2, 0.25) is 0 Å². The highest BCUT2D eigenvalue weighted by atomic mass is 32.2. The predicted octanol–water partition coefficient (Wildman–Crippen LogP) is 5.06. The van der Waals surface area contributed by atoms with Gasteiger partial charge in [0.05, 0.1) is 27.1 Å². The van der Waals surface area contributed by atoms with Crippen LogP contribution in [0, 0.1) is 5.82 Å². The van der Waals surface area contributed by atoms with E-state index in [4.69, 9.17) is 0 Å². The van der Waals surface area contributed by atoms with Crippen LogP contribution in [0.15, 0.2) is 40.3 Å². The van der Waals surface area contributed by atoms with Crippen molar-refractivity contribution in [2.24, 2.45) is 0 Å². The van der Waals surface area contributed by atoms with Gasteiger partial charge in [-0.25, -0.2) is 4.39 Å². The number of benzene rings is 1. The van der Waals surface area contributed by atoms with Crippen LogP contribution in [0.1, 0.15) is 33.3 Å². The molecule has 4 nitrogen and oxygen atoms in total. The van der Waals surface area contributed by atoms with Crippen LogP contribution in [0.5, 0.6) is 0 Å². The third-order valence-electron chi connectivity index (χ3n) is 4.05. The summed E-state index contributed by atoms with van der Waals surface area (Å²) in [4.78, 5) is 9.41. The highest BCUT2D eigenvalue weighted by molar-refractivity contribution is 7.97. The van der Waals surface area contributed by atoms with E-state index in [0.717, 1.165) is 10.4 Å². The molecule has 3 rings (SSSR count). The Bertz CT molecular complexity index is 991. The van der Waals surface area contributed by atoms with Gasteiger partial charge in [-0.15, -0.1) is 0 Å². The number of aromatic amines is 1. The van der Waals surface area contributed by atoms with Gasteiger partial charge in [0.2, 0.25) is 0 Å². The summed E-state index contributed by atoms with van der Waals surface area (Å²) in [5.74, 6) is -0.268. The summed E-state index contributed by atoms with van der Waals surface area (Å²) in [6.07, 6.45) is 3.99. The number of H-pyrrole nitrogens is 1. The molecular weight excluding hydrogens is 381 g/mol. The number of rotatable bonds is 5.